The number of sulfonamides is 1. The monoisotopic (exact) mass is 515 g/mol. The fourth-order valence-corrected chi connectivity index (χ4v) is 6.23. The van der Waals surface area contributed by atoms with Gasteiger partial charge in [0.1, 0.15) is 23.1 Å². The van der Waals surface area contributed by atoms with Gasteiger partial charge in [-0.2, -0.15) is 4.31 Å². The lowest BCUT2D eigenvalue weighted by atomic mass is 10.1. The van der Waals surface area contributed by atoms with Crippen LogP contribution in [0.4, 0.5) is 0 Å². The average molecular weight is 516 g/mol. The summed E-state index contributed by atoms with van der Waals surface area (Å²) in [5, 5.41) is 2.75. The average Bonchev–Trinajstić information content (AvgIpc) is 3.55. The quantitative estimate of drug-likeness (QED) is 0.371. The Hall–Kier alpha value is -2.46. The van der Waals surface area contributed by atoms with E-state index in [0.29, 0.717) is 25.4 Å². The molecule has 4 rings (SSSR count). The molecule has 2 aromatic carbocycles. The van der Waals surface area contributed by atoms with Crippen LogP contribution in [-0.2, 0) is 23.2 Å². The van der Waals surface area contributed by atoms with Gasteiger partial charge in [-0.05, 0) is 81.2 Å². The summed E-state index contributed by atoms with van der Waals surface area (Å²) in [6.45, 7) is 7.85. The molecule has 1 aromatic heterocycles. The highest BCUT2D eigenvalue weighted by Gasteiger charge is 2.26. The summed E-state index contributed by atoms with van der Waals surface area (Å²) in [7, 11) is -2.12. The molecule has 0 unspecified atom stereocenters. The van der Waals surface area contributed by atoms with E-state index < -0.39 is 10.0 Å². The van der Waals surface area contributed by atoms with Crippen molar-refractivity contribution >= 4 is 21.4 Å². The number of benzene rings is 2. The molecule has 0 saturated carbocycles. The second-order valence-electron chi connectivity index (χ2n) is 8.78. The summed E-state index contributed by atoms with van der Waals surface area (Å²) in [5.74, 6) is 1.47. The van der Waals surface area contributed by atoms with Crippen molar-refractivity contribution in [3.8, 4) is 11.5 Å². The number of aromatic nitrogens is 1. The highest BCUT2D eigenvalue weighted by atomic mass is 32.2. The van der Waals surface area contributed by atoms with Gasteiger partial charge in [0.25, 0.3) is 0 Å². The molecule has 0 bridgehead atoms. The molecule has 9 heteroatoms. The molecule has 0 atom stereocenters. The molecule has 0 N–H and O–H groups in total. The van der Waals surface area contributed by atoms with E-state index in [1.54, 1.807) is 31.4 Å². The van der Waals surface area contributed by atoms with Crippen LogP contribution >= 0.6 is 11.3 Å². The lowest BCUT2D eigenvalue weighted by Gasteiger charge is -2.24. The first-order chi connectivity index (χ1) is 16.9. The molecule has 188 valence electrons. The van der Waals surface area contributed by atoms with Crippen molar-refractivity contribution in [1.29, 1.82) is 0 Å². The molecule has 0 spiro atoms. The van der Waals surface area contributed by atoms with Crippen LogP contribution in [0.3, 0.4) is 0 Å². The van der Waals surface area contributed by atoms with Crippen LogP contribution in [0, 0.1) is 13.8 Å². The van der Waals surface area contributed by atoms with E-state index in [0.717, 1.165) is 35.1 Å². The van der Waals surface area contributed by atoms with Gasteiger partial charge in [-0.15, -0.1) is 11.3 Å². The Morgan fingerprint density at radius 3 is 2.54 bits per heavy atom. The lowest BCUT2D eigenvalue weighted by molar-refractivity contribution is 0.289. The first kappa shape index (κ1) is 25.6. The van der Waals surface area contributed by atoms with Crippen LogP contribution in [0.2, 0.25) is 0 Å². The molecule has 0 amide bonds. The zero-order chi connectivity index (χ0) is 24.8. The summed E-state index contributed by atoms with van der Waals surface area (Å²) < 4.78 is 39.8. The maximum absolute atomic E-state index is 13.5. The Morgan fingerprint density at radius 2 is 1.83 bits per heavy atom. The molecule has 1 aliphatic heterocycles. The van der Waals surface area contributed by atoms with Gasteiger partial charge in [0.15, 0.2) is 0 Å². The number of likely N-dealkylation sites (tertiary alicyclic amines) is 1. The molecule has 7 nitrogen and oxygen atoms in total. The Balaban J connectivity index is 1.48. The van der Waals surface area contributed by atoms with Crippen molar-refractivity contribution in [1.82, 2.24) is 14.2 Å². The second-order valence-corrected chi connectivity index (χ2v) is 11.7. The van der Waals surface area contributed by atoms with Crippen LogP contribution in [0.5, 0.6) is 11.5 Å². The summed E-state index contributed by atoms with van der Waals surface area (Å²) >= 11 is 1.49. The zero-order valence-electron chi connectivity index (χ0n) is 20.6. The van der Waals surface area contributed by atoms with Crippen LogP contribution in [0.15, 0.2) is 52.7 Å². The van der Waals surface area contributed by atoms with E-state index in [2.05, 4.69) is 22.9 Å². The number of ether oxygens (including phenoxy) is 2. The van der Waals surface area contributed by atoms with Gasteiger partial charge >= 0.3 is 0 Å². The third-order valence-electron chi connectivity index (χ3n) is 6.41. The van der Waals surface area contributed by atoms with Crippen molar-refractivity contribution in [3.63, 3.8) is 0 Å². The first-order valence-corrected chi connectivity index (χ1v) is 14.2. The number of hydrogen-bond donors (Lipinski definition) is 0. The molecule has 1 saturated heterocycles. The standard InChI is InChI=1S/C26H33N3O4S2/c1-20-7-6-8-25(21(20)2)33-18-26-27-22(19-34-26)17-29(16-15-28-13-4-5-14-28)35(30,31)24-11-9-23(32-3)10-12-24/h6-12,19H,4-5,13-18H2,1-3H3. The third kappa shape index (κ3) is 6.41. The van der Waals surface area contributed by atoms with Crippen LogP contribution in [0.1, 0.15) is 34.7 Å². The predicted octanol–water partition coefficient (Wildman–Crippen LogP) is 4.63. The normalized spacial score (nSPS) is 14.5. The molecule has 3 aromatic rings. The summed E-state index contributed by atoms with van der Waals surface area (Å²) in [5.41, 5.74) is 3.02. The molecule has 35 heavy (non-hydrogen) atoms. The molecule has 1 aliphatic rings. The molecule has 0 radical (unpaired) electrons. The number of nitrogens with zero attached hydrogens (tertiary/aromatic N) is 3. The first-order valence-electron chi connectivity index (χ1n) is 11.9. The van der Waals surface area contributed by atoms with E-state index in [1.807, 2.05) is 24.4 Å². The summed E-state index contributed by atoms with van der Waals surface area (Å²) in [4.78, 5) is 7.26. The minimum absolute atomic E-state index is 0.224. The van der Waals surface area contributed by atoms with Gasteiger partial charge in [0.05, 0.1) is 24.2 Å². The number of hydrogen-bond acceptors (Lipinski definition) is 7. The van der Waals surface area contributed by atoms with E-state index in [1.165, 1.54) is 34.0 Å². The fourth-order valence-electron chi connectivity index (χ4n) is 4.13. The SMILES string of the molecule is COc1ccc(S(=O)(=O)N(CCN2CCCC2)Cc2csc(COc3cccc(C)c3C)n2)cc1. The van der Waals surface area contributed by atoms with E-state index in [4.69, 9.17) is 9.47 Å². The van der Waals surface area contributed by atoms with E-state index in [-0.39, 0.29) is 11.4 Å². The predicted molar refractivity (Wildman–Crippen MR) is 139 cm³/mol. The Morgan fingerprint density at radius 1 is 1.09 bits per heavy atom. The Labute approximate surface area is 212 Å². The van der Waals surface area contributed by atoms with Gasteiger partial charge < -0.3 is 14.4 Å². The minimum atomic E-state index is -3.69. The van der Waals surface area contributed by atoms with Gasteiger partial charge in [0, 0.05) is 18.5 Å². The van der Waals surface area contributed by atoms with Crippen molar-refractivity contribution in [3.05, 3.63) is 69.7 Å². The van der Waals surface area contributed by atoms with Crippen LogP contribution < -0.4 is 9.47 Å². The van der Waals surface area contributed by atoms with Crippen molar-refractivity contribution in [2.45, 2.75) is 44.7 Å². The fraction of sp³-hybridized carbons (Fsp3) is 0.423. The van der Waals surface area contributed by atoms with Gasteiger partial charge in [-0.25, -0.2) is 13.4 Å². The van der Waals surface area contributed by atoms with Crippen LogP contribution in [-0.4, -0.2) is 55.9 Å². The molecular formula is C26H33N3O4S2. The van der Waals surface area contributed by atoms with Gasteiger partial charge in [-0.1, -0.05) is 12.1 Å². The maximum atomic E-state index is 13.5. The number of methoxy groups -OCH3 is 1. The van der Waals surface area contributed by atoms with E-state index in [9.17, 15) is 8.42 Å². The zero-order valence-corrected chi connectivity index (χ0v) is 22.2. The summed E-state index contributed by atoms with van der Waals surface area (Å²) in [6, 6.07) is 12.5. The largest absolute Gasteiger partial charge is 0.497 e. The Bertz CT molecular complexity index is 1220. The number of rotatable bonds is 11. The smallest absolute Gasteiger partial charge is 0.243 e. The highest BCUT2D eigenvalue weighted by Crippen LogP contribution is 2.24. The van der Waals surface area contributed by atoms with E-state index >= 15 is 0 Å². The Kier molecular flexibility index (Phi) is 8.43. The minimum Gasteiger partial charge on any atom is -0.497 e. The van der Waals surface area contributed by atoms with Gasteiger partial charge in [-0.3, -0.25) is 0 Å². The van der Waals surface area contributed by atoms with Crippen molar-refractivity contribution < 1.29 is 17.9 Å². The second kappa shape index (κ2) is 11.5. The lowest BCUT2D eigenvalue weighted by Crippen LogP contribution is -2.37. The number of aryl methyl sites for hydroxylation is 1. The van der Waals surface area contributed by atoms with Crippen LogP contribution in [0.25, 0.3) is 0 Å². The molecule has 2 heterocycles. The molecule has 1 fully saturated rings. The summed E-state index contributed by atoms with van der Waals surface area (Å²) in [6.07, 6.45) is 2.34. The maximum Gasteiger partial charge on any atom is 0.243 e. The molecular weight excluding hydrogens is 482 g/mol. The van der Waals surface area contributed by atoms with Crippen molar-refractivity contribution in [2.75, 3.05) is 33.3 Å². The third-order valence-corrected chi connectivity index (χ3v) is 9.14. The van der Waals surface area contributed by atoms with Crippen molar-refractivity contribution in [2.24, 2.45) is 0 Å². The number of thiazole rings is 1. The topological polar surface area (TPSA) is 72.0 Å². The molecule has 0 aliphatic carbocycles. The van der Waals surface area contributed by atoms with Gasteiger partial charge in [0.2, 0.25) is 10.0 Å². The highest BCUT2D eigenvalue weighted by molar-refractivity contribution is 7.89.